The molecule has 0 aliphatic heterocycles. The third kappa shape index (κ3) is 0.360. The fraction of sp³-hybridized carbons (Fsp3) is 1.00. The van der Waals surface area contributed by atoms with Gasteiger partial charge in [-0.1, -0.05) is 13.8 Å². The summed E-state index contributed by atoms with van der Waals surface area (Å²) in [6.07, 6.45) is 4.68. The molecule has 0 amide bonds. The van der Waals surface area contributed by atoms with Crippen LogP contribution in [0.2, 0.25) is 0 Å². The molecule has 5 atom stereocenters. The summed E-state index contributed by atoms with van der Waals surface area (Å²) in [6, 6.07) is 0. The van der Waals surface area contributed by atoms with Crippen LogP contribution in [0.5, 0.6) is 0 Å². The highest BCUT2D eigenvalue weighted by Gasteiger charge is 2.72. The number of rotatable bonds is 0. The molecule has 0 heteroatoms. The lowest BCUT2D eigenvalue weighted by Gasteiger charge is -2.18. The van der Waals surface area contributed by atoms with Crippen LogP contribution in [0.15, 0.2) is 0 Å². The Morgan fingerprint density at radius 2 is 1.80 bits per heavy atom. The Balaban J connectivity index is 2.03. The van der Waals surface area contributed by atoms with Gasteiger partial charge in [0, 0.05) is 0 Å². The van der Waals surface area contributed by atoms with Crippen molar-refractivity contribution in [1.29, 1.82) is 0 Å². The minimum absolute atomic E-state index is 0.861. The van der Waals surface area contributed by atoms with Gasteiger partial charge in [-0.3, -0.25) is 0 Å². The molecule has 3 rings (SSSR count). The fourth-order valence-corrected chi connectivity index (χ4v) is 4.34. The van der Waals surface area contributed by atoms with Crippen molar-refractivity contribution in [1.82, 2.24) is 0 Å². The maximum Gasteiger partial charge on any atom is -0.0233 e. The van der Waals surface area contributed by atoms with Crippen LogP contribution >= 0.6 is 0 Å². The van der Waals surface area contributed by atoms with E-state index in [2.05, 4.69) is 13.8 Å². The molecule has 0 nitrogen and oxygen atoms in total. The smallest absolute Gasteiger partial charge is 0.0233 e. The molecule has 0 aromatic carbocycles. The zero-order valence-corrected chi connectivity index (χ0v) is 6.93. The standard InChI is InChI=1S/C10H16/c1-6-5-9-8-4-3-7(6)10(8,9)2/h6-9H,3-5H2,1-2H3. The molecule has 0 bridgehead atoms. The molecule has 3 aliphatic carbocycles. The average molecular weight is 136 g/mol. The van der Waals surface area contributed by atoms with Crippen molar-refractivity contribution in [2.45, 2.75) is 33.1 Å². The van der Waals surface area contributed by atoms with Crippen molar-refractivity contribution >= 4 is 0 Å². The van der Waals surface area contributed by atoms with Gasteiger partial charge in [-0.25, -0.2) is 0 Å². The lowest BCUT2D eigenvalue weighted by Crippen LogP contribution is -2.11. The van der Waals surface area contributed by atoms with Crippen molar-refractivity contribution in [2.24, 2.45) is 29.1 Å². The fourth-order valence-electron chi connectivity index (χ4n) is 4.34. The SMILES string of the molecule is CC1CC2C3CCC1C32C. The first kappa shape index (κ1) is 5.62. The van der Waals surface area contributed by atoms with Gasteiger partial charge < -0.3 is 0 Å². The predicted octanol–water partition coefficient (Wildman–Crippen LogP) is 2.69. The Labute approximate surface area is 63.0 Å². The second kappa shape index (κ2) is 1.31. The molecular weight excluding hydrogens is 120 g/mol. The van der Waals surface area contributed by atoms with E-state index in [1.165, 1.54) is 11.8 Å². The van der Waals surface area contributed by atoms with E-state index in [4.69, 9.17) is 0 Å². The third-order valence-electron chi connectivity index (χ3n) is 4.87. The Bertz CT molecular complexity index is 184. The maximum atomic E-state index is 2.55. The van der Waals surface area contributed by atoms with Crippen LogP contribution in [0.4, 0.5) is 0 Å². The van der Waals surface area contributed by atoms with Gasteiger partial charge in [0.15, 0.2) is 0 Å². The topological polar surface area (TPSA) is 0 Å². The molecule has 0 heterocycles. The number of hydrogen-bond donors (Lipinski definition) is 0. The molecule has 5 unspecified atom stereocenters. The van der Waals surface area contributed by atoms with Crippen LogP contribution in [0.25, 0.3) is 0 Å². The third-order valence-corrected chi connectivity index (χ3v) is 4.87. The Morgan fingerprint density at radius 3 is 2.40 bits per heavy atom. The van der Waals surface area contributed by atoms with E-state index < -0.39 is 0 Å². The minimum atomic E-state index is 0.861. The van der Waals surface area contributed by atoms with Crippen molar-refractivity contribution in [3.05, 3.63) is 0 Å². The highest BCUT2D eigenvalue weighted by Crippen LogP contribution is 2.78. The van der Waals surface area contributed by atoms with E-state index in [0.29, 0.717) is 0 Å². The molecular formula is C10H16. The quantitative estimate of drug-likeness (QED) is 0.480. The summed E-state index contributed by atoms with van der Waals surface area (Å²) >= 11 is 0. The predicted molar refractivity (Wildman–Crippen MR) is 41.6 cm³/mol. The first-order valence-corrected chi connectivity index (χ1v) is 4.74. The Morgan fingerprint density at radius 1 is 1.10 bits per heavy atom. The minimum Gasteiger partial charge on any atom is -0.0622 e. The first-order valence-electron chi connectivity index (χ1n) is 4.74. The van der Waals surface area contributed by atoms with Gasteiger partial charge >= 0.3 is 0 Å². The highest BCUT2D eigenvalue weighted by molar-refractivity contribution is 5.20. The summed E-state index contributed by atoms with van der Waals surface area (Å²) < 4.78 is 0. The zero-order chi connectivity index (χ0) is 6.93. The monoisotopic (exact) mass is 136 g/mol. The van der Waals surface area contributed by atoms with E-state index in [1.54, 1.807) is 19.3 Å². The Kier molecular flexibility index (Phi) is 0.735. The lowest BCUT2D eigenvalue weighted by molar-refractivity contribution is 0.309. The summed E-state index contributed by atoms with van der Waals surface area (Å²) in [4.78, 5) is 0. The highest BCUT2D eigenvalue weighted by atomic mass is 14.8. The summed E-state index contributed by atoms with van der Waals surface area (Å²) in [5.74, 6) is 4.53. The zero-order valence-electron chi connectivity index (χ0n) is 6.93. The summed E-state index contributed by atoms with van der Waals surface area (Å²) in [5, 5.41) is 0. The van der Waals surface area contributed by atoms with E-state index in [9.17, 15) is 0 Å². The van der Waals surface area contributed by atoms with Gasteiger partial charge in [0.25, 0.3) is 0 Å². The van der Waals surface area contributed by atoms with Crippen LogP contribution in [0.1, 0.15) is 33.1 Å². The number of hydrogen-bond acceptors (Lipinski definition) is 0. The van der Waals surface area contributed by atoms with Crippen LogP contribution in [0, 0.1) is 29.1 Å². The van der Waals surface area contributed by atoms with Crippen molar-refractivity contribution in [3.63, 3.8) is 0 Å². The van der Waals surface area contributed by atoms with Gasteiger partial charge in [0.1, 0.15) is 0 Å². The van der Waals surface area contributed by atoms with Gasteiger partial charge in [-0.05, 0) is 48.3 Å². The van der Waals surface area contributed by atoms with Crippen LogP contribution < -0.4 is 0 Å². The van der Waals surface area contributed by atoms with Crippen LogP contribution in [0.3, 0.4) is 0 Å². The van der Waals surface area contributed by atoms with Crippen molar-refractivity contribution in [2.75, 3.05) is 0 Å². The van der Waals surface area contributed by atoms with Crippen molar-refractivity contribution < 1.29 is 0 Å². The summed E-state index contributed by atoms with van der Waals surface area (Å²) in [7, 11) is 0. The van der Waals surface area contributed by atoms with E-state index in [1.807, 2.05) is 0 Å². The molecule has 0 spiro atoms. The summed E-state index contributed by atoms with van der Waals surface area (Å²) in [5.41, 5.74) is 0.861. The average Bonchev–Trinajstić information content (AvgIpc) is 2.18. The summed E-state index contributed by atoms with van der Waals surface area (Å²) in [6.45, 7) is 5.01. The molecule has 0 radical (unpaired) electrons. The molecule has 3 saturated carbocycles. The largest absolute Gasteiger partial charge is 0.0622 e. The molecule has 0 saturated heterocycles. The molecule has 10 heavy (non-hydrogen) atoms. The molecule has 3 aliphatic rings. The molecule has 0 N–H and O–H groups in total. The van der Waals surface area contributed by atoms with E-state index in [-0.39, 0.29) is 0 Å². The van der Waals surface area contributed by atoms with E-state index >= 15 is 0 Å². The molecule has 56 valence electrons. The lowest BCUT2D eigenvalue weighted by atomic mass is 9.87. The normalized spacial score (nSPS) is 70.2. The van der Waals surface area contributed by atoms with E-state index in [0.717, 1.165) is 17.3 Å². The van der Waals surface area contributed by atoms with Gasteiger partial charge in [-0.2, -0.15) is 0 Å². The van der Waals surface area contributed by atoms with Gasteiger partial charge in [-0.15, -0.1) is 0 Å². The molecule has 3 fully saturated rings. The number of fused-ring (bicyclic) bond motifs is 1. The second-order valence-corrected chi connectivity index (χ2v) is 4.98. The van der Waals surface area contributed by atoms with Gasteiger partial charge in [0.05, 0.1) is 0 Å². The molecule has 0 aromatic heterocycles. The van der Waals surface area contributed by atoms with Gasteiger partial charge in [0.2, 0.25) is 0 Å². The van der Waals surface area contributed by atoms with Crippen LogP contribution in [-0.4, -0.2) is 0 Å². The van der Waals surface area contributed by atoms with Crippen molar-refractivity contribution in [3.8, 4) is 0 Å². The first-order chi connectivity index (χ1) is 4.74. The Hall–Kier alpha value is 0. The molecule has 0 aromatic rings. The van der Waals surface area contributed by atoms with Crippen LogP contribution in [-0.2, 0) is 0 Å². The maximum absolute atomic E-state index is 2.55. The second-order valence-electron chi connectivity index (χ2n) is 4.98.